The van der Waals surface area contributed by atoms with Crippen LogP contribution < -0.4 is 5.32 Å². The van der Waals surface area contributed by atoms with Crippen LogP contribution in [0.4, 0.5) is 10.5 Å². The number of carbonyl (C=O) groups is 2. The average Bonchev–Trinajstić information content (AvgIpc) is 3.39. The molecular formula is C31H41N3O3. The minimum atomic E-state index is -0.244. The Morgan fingerprint density at radius 2 is 1.51 bits per heavy atom. The van der Waals surface area contributed by atoms with Gasteiger partial charge in [0.2, 0.25) is 5.91 Å². The first-order valence-corrected chi connectivity index (χ1v) is 13.3. The summed E-state index contributed by atoms with van der Waals surface area (Å²) in [6.07, 6.45) is 3.10. The topological polar surface area (TPSA) is 65.8 Å². The number of urea groups is 1. The van der Waals surface area contributed by atoms with Gasteiger partial charge in [0.25, 0.3) is 0 Å². The van der Waals surface area contributed by atoms with Gasteiger partial charge in [-0.3, -0.25) is 4.79 Å². The Labute approximate surface area is 221 Å². The van der Waals surface area contributed by atoms with E-state index in [4.69, 9.17) is 4.42 Å². The van der Waals surface area contributed by atoms with Crippen LogP contribution in [-0.4, -0.2) is 41.4 Å². The number of para-hydroxylation sites is 1. The van der Waals surface area contributed by atoms with Crippen molar-refractivity contribution in [2.24, 2.45) is 0 Å². The number of rotatable bonds is 12. The van der Waals surface area contributed by atoms with Gasteiger partial charge in [0.15, 0.2) is 0 Å². The van der Waals surface area contributed by atoms with E-state index in [0.29, 0.717) is 19.6 Å². The molecule has 198 valence electrons. The third-order valence-corrected chi connectivity index (χ3v) is 6.50. The second-order valence-corrected chi connectivity index (χ2v) is 10.1. The van der Waals surface area contributed by atoms with E-state index in [1.807, 2.05) is 43.3 Å². The first-order valence-electron chi connectivity index (χ1n) is 13.3. The number of nitrogens with one attached hydrogen (secondary N) is 1. The Morgan fingerprint density at radius 3 is 2.08 bits per heavy atom. The van der Waals surface area contributed by atoms with Gasteiger partial charge in [0.05, 0.1) is 12.8 Å². The standard InChI is InChI=1S/C31H41N3O3/c1-6-18-34(31(36)32-30-27(23(2)3)15-10-16-28(30)24(4)5)22-29(35)33(21-26-14-11-20-37-26)19-17-25-12-8-7-9-13-25/h7-16,20,23-24H,6,17-19,21-22H2,1-5H3,(H,32,36). The molecule has 6 heteroatoms. The van der Waals surface area contributed by atoms with E-state index in [2.05, 4.69) is 57.3 Å². The zero-order valence-corrected chi connectivity index (χ0v) is 22.9. The summed E-state index contributed by atoms with van der Waals surface area (Å²) in [5.74, 6) is 1.14. The number of benzene rings is 2. The minimum absolute atomic E-state index is 0.00995. The van der Waals surface area contributed by atoms with Crippen LogP contribution in [0.15, 0.2) is 71.3 Å². The van der Waals surface area contributed by atoms with E-state index in [-0.39, 0.29) is 30.3 Å². The summed E-state index contributed by atoms with van der Waals surface area (Å²) in [4.78, 5) is 30.5. The van der Waals surface area contributed by atoms with Crippen molar-refractivity contribution in [2.75, 3.05) is 25.0 Å². The SMILES string of the molecule is CCCN(CC(=O)N(CCc1ccccc1)Cc1ccco1)C(=O)Nc1c(C(C)C)cccc1C(C)C. The highest BCUT2D eigenvalue weighted by Crippen LogP contribution is 2.32. The summed E-state index contributed by atoms with van der Waals surface area (Å²) in [5, 5.41) is 3.17. The van der Waals surface area contributed by atoms with Crippen LogP contribution in [0.1, 0.15) is 75.3 Å². The molecule has 37 heavy (non-hydrogen) atoms. The van der Waals surface area contributed by atoms with Gasteiger partial charge in [-0.1, -0.05) is 83.1 Å². The van der Waals surface area contributed by atoms with E-state index >= 15 is 0 Å². The second-order valence-electron chi connectivity index (χ2n) is 10.1. The Bertz CT molecular complexity index is 1100. The van der Waals surface area contributed by atoms with Gasteiger partial charge in [0.1, 0.15) is 12.3 Å². The maximum atomic E-state index is 13.5. The van der Waals surface area contributed by atoms with Crippen molar-refractivity contribution in [3.63, 3.8) is 0 Å². The first-order chi connectivity index (χ1) is 17.8. The molecule has 0 aliphatic heterocycles. The van der Waals surface area contributed by atoms with E-state index in [1.54, 1.807) is 16.1 Å². The third kappa shape index (κ3) is 7.97. The fraction of sp³-hybridized carbons (Fsp3) is 0.419. The minimum Gasteiger partial charge on any atom is -0.467 e. The molecule has 2 aromatic carbocycles. The van der Waals surface area contributed by atoms with Crippen LogP contribution in [0.25, 0.3) is 0 Å². The summed E-state index contributed by atoms with van der Waals surface area (Å²) < 4.78 is 5.53. The Morgan fingerprint density at radius 1 is 0.838 bits per heavy atom. The molecule has 3 rings (SSSR count). The van der Waals surface area contributed by atoms with Gasteiger partial charge >= 0.3 is 6.03 Å². The van der Waals surface area contributed by atoms with Crippen molar-refractivity contribution in [3.8, 4) is 0 Å². The number of nitrogens with zero attached hydrogens (tertiary/aromatic N) is 2. The lowest BCUT2D eigenvalue weighted by Gasteiger charge is -2.28. The summed E-state index contributed by atoms with van der Waals surface area (Å²) in [6.45, 7) is 11.9. The van der Waals surface area contributed by atoms with Crippen molar-refractivity contribution in [1.82, 2.24) is 9.80 Å². The molecule has 3 amide bonds. The maximum Gasteiger partial charge on any atom is 0.322 e. The van der Waals surface area contributed by atoms with Crippen molar-refractivity contribution in [1.29, 1.82) is 0 Å². The van der Waals surface area contributed by atoms with Gasteiger partial charge in [-0.25, -0.2) is 4.79 Å². The van der Waals surface area contributed by atoms with E-state index in [9.17, 15) is 9.59 Å². The van der Waals surface area contributed by atoms with Gasteiger partial charge in [-0.05, 0) is 53.5 Å². The lowest BCUT2D eigenvalue weighted by Crippen LogP contribution is -2.45. The Balaban J connectivity index is 1.78. The summed E-state index contributed by atoms with van der Waals surface area (Å²) in [5.41, 5.74) is 4.23. The Hall–Kier alpha value is -3.54. The molecule has 0 saturated heterocycles. The predicted octanol–water partition coefficient (Wildman–Crippen LogP) is 7.04. The molecule has 3 aromatic rings. The molecule has 0 saturated carbocycles. The lowest BCUT2D eigenvalue weighted by atomic mass is 9.93. The first kappa shape index (κ1) is 28.0. The molecule has 0 aliphatic carbocycles. The van der Waals surface area contributed by atoms with Gasteiger partial charge < -0.3 is 19.5 Å². The van der Waals surface area contributed by atoms with Crippen LogP contribution in [0, 0.1) is 0 Å². The van der Waals surface area contributed by atoms with E-state index < -0.39 is 0 Å². The molecule has 1 heterocycles. The molecule has 0 atom stereocenters. The highest BCUT2D eigenvalue weighted by Gasteiger charge is 2.24. The smallest absolute Gasteiger partial charge is 0.322 e. The molecule has 0 spiro atoms. The molecule has 1 N–H and O–H groups in total. The molecule has 0 bridgehead atoms. The summed E-state index contributed by atoms with van der Waals surface area (Å²) >= 11 is 0. The third-order valence-electron chi connectivity index (χ3n) is 6.50. The van der Waals surface area contributed by atoms with Crippen LogP contribution in [0.3, 0.4) is 0 Å². The van der Waals surface area contributed by atoms with Crippen LogP contribution >= 0.6 is 0 Å². The number of carbonyl (C=O) groups excluding carboxylic acids is 2. The maximum absolute atomic E-state index is 13.5. The highest BCUT2D eigenvalue weighted by molar-refractivity contribution is 5.94. The quantitative estimate of drug-likeness (QED) is 0.288. The number of anilines is 1. The largest absolute Gasteiger partial charge is 0.467 e. The number of amides is 3. The summed E-state index contributed by atoms with van der Waals surface area (Å²) in [6, 6.07) is 19.7. The highest BCUT2D eigenvalue weighted by atomic mass is 16.3. The van der Waals surface area contributed by atoms with Crippen LogP contribution in [-0.2, 0) is 17.8 Å². The predicted molar refractivity (Wildman–Crippen MR) is 150 cm³/mol. The molecule has 0 fully saturated rings. The van der Waals surface area contributed by atoms with Crippen molar-refractivity contribution >= 4 is 17.6 Å². The van der Waals surface area contributed by atoms with Gasteiger partial charge in [-0.15, -0.1) is 0 Å². The zero-order chi connectivity index (χ0) is 26.8. The van der Waals surface area contributed by atoms with Gasteiger partial charge in [0, 0.05) is 18.8 Å². The van der Waals surface area contributed by atoms with E-state index in [0.717, 1.165) is 41.0 Å². The molecular weight excluding hydrogens is 462 g/mol. The zero-order valence-electron chi connectivity index (χ0n) is 22.9. The fourth-order valence-electron chi connectivity index (χ4n) is 4.46. The average molecular weight is 504 g/mol. The lowest BCUT2D eigenvalue weighted by molar-refractivity contribution is -0.132. The molecule has 1 aromatic heterocycles. The summed E-state index contributed by atoms with van der Waals surface area (Å²) in [7, 11) is 0. The monoisotopic (exact) mass is 503 g/mol. The van der Waals surface area contributed by atoms with Crippen LogP contribution in [0.2, 0.25) is 0 Å². The molecule has 6 nitrogen and oxygen atoms in total. The molecule has 0 aliphatic rings. The number of hydrogen-bond acceptors (Lipinski definition) is 3. The van der Waals surface area contributed by atoms with Crippen molar-refractivity contribution in [2.45, 2.75) is 65.8 Å². The van der Waals surface area contributed by atoms with Crippen molar-refractivity contribution in [3.05, 3.63) is 89.4 Å². The second kappa shape index (κ2) is 13.7. The normalized spacial score (nSPS) is 11.1. The number of hydrogen-bond donors (Lipinski definition) is 1. The van der Waals surface area contributed by atoms with E-state index in [1.165, 1.54) is 0 Å². The van der Waals surface area contributed by atoms with Crippen molar-refractivity contribution < 1.29 is 14.0 Å². The molecule has 0 unspecified atom stereocenters. The molecule has 0 radical (unpaired) electrons. The van der Waals surface area contributed by atoms with Gasteiger partial charge in [-0.2, -0.15) is 0 Å². The number of furan rings is 1. The fourth-order valence-corrected chi connectivity index (χ4v) is 4.46. The Kier molecular flexibility index (Phi) is 10.4. The van der Waals surface area contributed by atoms with Crippen LogP contribution in [0.5, 0.6) is 0 Å².